The van der Waals surface area contributed by atoms with Crippen molar-refractivity contribution in [1.29, 1.82) is 5.26 Å². The number of likely N-dealkylation sites (N-methyl/N-ethyl adjacent to an activating group) is 1. The van der Waals surface area contributed by atoms with E-state index in [-0.39, 0.29) is 24.4 Å². The van der Waals surface area contributed by atoms with E-state index in [1.54, 1.807) is 11.1 Å². The van der Waals surface area contributed by atoms with Crippen molar-refractivity contribution in [2.45, 2.75) is 31.7 Å². The summed E-state index contributed by atoms with van der Waals surface area (Å²) in [5.74, 6) is 1.56. The molecule has 0 saturated carbocycles. The second kappa shape index (κ2) is 10.6. The standard InChI is InChI=1S/C26H34N8O2/c1-31-13-14-34(26(31)36)22-3-2-10-33(17-22)24-16-28-23(15-27)25(30-24)29-20-4-6-21(7-5-20)32-11-8-19(18-35)9-12-32/h4-7,16,19,22,35H,2-3,8-14,17-18H2,1H3,(H,29,30)/t22-/m1/s1. The molecule has 190 valence electrons. The number of nitriles is 1. The third kappa shape index (κ3) is 5.02. The zero-order valence-corrected chi connectivity index (χ0v) is 20.8. The predicted octanol–water partition coefficient (Wildman–Crippen LogP) is 2.64. The van der Waals surface area contributed by atoms with Gasteiger partial charge in [0.05, 0.1) is 12.2 Å². The minimum Gasteiger partial charge on any atom is -0.396 e. The fourth-order valence-corrected chi connectivity index (χ4v) is 5.39. The van der Waals surface area contributed by atoms with Gasteiger partial charge >= 0.3 is 6.03 Å². The van der Waals surface area contributed by atoms with Gasteiger partial charge in [-0.3, -0.25) is 0 Å². The van der Waals surface area contributed by atoms with Crippen molar-refractivity contribution in [2.75, 3.05) is 68.0 Å². The maximum absolute atomic E-state index is 12.5. The fourth-order valence-electron chi connectivity index (χ4n) is 5.39. The highest BCUT2D eigenvalue weighted by Crippen LogP contribution is 2.28. The molecule has 10 nitrogen and oxygen atoms in total. The molecule has 1 aromatic carbocycles. The second-order valence-corrected chi connectivity index (χ2v) is 9.96. The summed E-state index contributed by atoms with van der Waals surface area (Å²) < 4.78 is 0. The van der Waals surface area contributed by atoms with E-state index in [1.807, 2.05) is 24.1 Å². The van der Waals surface area contributed by atoms with Crippen LogP contribution in [0.1, 0.15) is 31.4 Å². The van der Waals surface area contributed by atoms with Gasteiger partial charge in [0.2, 0.25) is 0 Å². The van der Waals surface area contributed by atoms with Gasteiger partial charge in [0, 0.05) is 64.3 Å². The number of aliphatic hydroxyl groups excluding tert-OH is 1. The van der Waals surface area contributed by atoms with Crippen molar-refractivity contribution in [3.05, 3.63) is 36.2 Å². The number of benzene rings is 1. The number of hydrogen-bond donors (Lipinski definition) is 2. The molecule has 5 rings (SSSR count). The van der Waals surface area contributed by atoms with Gasteiger partial charge in [0.25, 0.3) is 0 Å². The number of aromatic nitrogens is 2. The summed E-state index contributed by atoms with van der Waals surface area (Å²) >= 11 is 0. The van der Waals surface area contributed by atoms with E-state index in [9.17, 15) is 15.2 Å². The van der Waals surface area contributed by atoms with E-state index in [1.165, 1.54) is 0 Å². The number of piperidine rings is 2. The Balaban J connectivity index is 1.27. The highest BCUT2D eigenvalue weighted by molar-refractivity contribution is 5.76. The molecule has 3 aliphatic heterocycles. The number of aliphatic hydroxyl groups is 1. The molecule has 0 radical (unpaired) electrons. The van der Waals surface area contributed by atoms with Crippen LogP contribution in [0.5, 0.6) is 0 Å². The Morgan fingerprint density at radius 2 is 1.86 bits per heavy atom. The van der Waals surface area contributed by atoms with Crippen LogP contribution in [0.25, 0.3) is 0 Å². The minimum absolute atomic E-state index is 0.0938. The molecule has 36 heavy (non-hydrogen) atoms. The van der Waals surface area contributed by atoms with Crippen LogP contribution in [0.2, 0.25) is 0 Å². The minimum atomic E-state index is 0.0938. The van der Waals surface area contributed by atoms with E-state index in [0.717, 1.165) is 69.8 Å². The molecule has 0 spiro atoms. The molecule has 4 heterocycles. The van der Waals surface area contributed by atoms with Gasteiger partial charge in [0.1, 0.15) is 11.9 Å². The van der Waals surface area contributed by atoms with Crippen molar-refractivity contribution in [3.63, 3.8) is 0 Å². The van der Waals surface area contributed by atoms with Gasteiger partial charge in [0.15, 0.2) is 11.5 Å². The van der Waals surface area contributed by atoms with Crippen molar-refractivity contribution in [2.24, 2.45) is 5.92 Å². The Morgan fingerprint density at radius 3 is 2.53 bits per heavy atom. The summed E-state index contributed by atoms with van der Waals surface area (Å²) in [6, 6.07) is 10.5. The van der Waals surface area contributed by atoms with Crippen molar-refractivity contribution in [1.82, 2.24) is 19.8 Å². The molecule has 2 aromatic rings. The Bertz CT molecular complexity index is 1110. The number of amides is 2. The van der Waals surface area contributed by atoms with Crippen LogP contribution in [0, 0.1) is 17.2 Å². The maximum atomic E-state index is 12.5. The van der Waals surface area contributed by atoms with Gasteiger partial charge in [-0.25, -0.2) is 14.8 Å². The molecule has 3 saturated heterocycles. The van der Waals surface area contributed by atoms with E-state index in [4.69, 9.17) is 4.98 Å². The summed E-state index contributed by atoms with van der Waals surface area (Å²) in [4.78, 5) is 29.9. The summed E-state index contributed by atoms with van der Waals surface area (Å²) in [7, 11) is 1.85. The SMILES string of the molecule is CN1CCN([C@@H]2CCCN(c3cnc(C#N)c(Nc4ccc(N5CCC(CO)CC5)cc4)n3)C2)C1=O. The lowest BCUT2D eigenvalue weighted by Crippen LogP contribution is -2.49. The topological polar surface area (TPSA) is 112 Å². The number of nitrogens with one attached hydrogen (secondary N) is 1. The van der Waals surface area contributed by atoms with Gasteiger partial charge in [-0.05, 0) is 55.9 Å². The second-order valence-electron chi connectivity index (χ2n) is 9.96. The average molecular weight is 491 g/mol. The van der Waals surface area contributed by atoms with Crippen LogP contribution in [-0.4, -0.2) is 89.9 Å². The molecule has 0 aliphatic carbocycles. The van der Waals surface area contributed by atoms with Crippen LogP contribution in [0.4, 0.5) is 27.8 Å². The summed E-state index contributed by atoms with van der Waals surface area (Å²) in [5.41, 5.74) is 2.24. The normalized spacial score (nSPS) is 21.1. The third-order valence-corrected chi connectivity index (χ3v) is 7.64. The molecule has 0 unspecified atom stereocenters. The van der Waals surface area contributed by atoms with Gasteiger partial charge in [-0.15, -0.1) is 0 Å². The first kappa shape index (κ1) is 24.1. The number of carbonyl (C=O) groups excluding carboxylic acids is 1. The fraction of sp³-hybridized carbons (Fsp3) is 0.538. The lowest BCUT2D eigenvalue weighted by atomic mass is 9.97. The van der Waals surface area contributed by atoms with Crippen LogP contribution in [0.15, 0.2) is 30.5 Å². The monoisotopic (exact) mass is 490 g/mol. The lowest BCUT2D eigenvalue weighted by molar-refractivity contribution is 0.175. The molecule has 2 N–H and O–H groups in total. The molecule has 10 heteroatoms. The van der Waals surface area contributed by atoms with Crippen molar-refractivity contribution >= 4 is 29.0 Å². The quantitative estimate of drug-likeness (QED) is 0.636. The highest BCUT2D eigenvalue weighted by Gasteiger charge is 2.34. The number of nitrogens with zero attached hydrogens (tertiary/aromatic N) is 7. The van der Waals surface area contributed by atoms with E-state index < -0.39 is 0 Å². The van der Waals surface area contributed by atoms with Crippen LogP contribution in [-0.2, 0) is 0 Å². The molecular formula is C26H34N8O2. The van der Waals surface area contributed by atoms with Crippen LogP contribution in [0.3, 0.4) is 0 Å². The van der Waals surface area contributed by atoms with Gasteiger partial charge in [-0.1, -0.05) is 0 Å². The van der Waals surface area contributed by atoms with Crippen LogP contribution >= 0.6 is 0 Å². The molecule has 1 aromatic heterocycles. The first-order valence-electron chi connectivity index (χ1n) is 12.8. The molecule has 1 atom stereocenters. The number of urea groups is 1. The van der Waals surface area contributed by atoms with Crippen molar-refractivity contribution in [3.8, 4) is 6.07 Å². The average Bonchev–Trinajstić information content (AvgIpc) is 3.27. The largest absolute Gasteiger partial charge is 0.396 e. The lowest BCUT2D eigenvalue weighted by Gasteiger charge is -2.37. The summed E-state index contributed by atoms with van der Waals surface area (Å²) in [5, 5.41) is 22.3. The number of hydrogen-bond acceptors (Lipinski definition) is 8. The number of rotatable bonds is 6. The first-order chi connectivity index (χ1) is 17.6. The zero-order chi connectivity index (χ0) is 25.1. The van der Waals surface area contributed by atoms with E-state index in [0.29, 0.717) is 24.1 Å². The predicted molar refractivity (Wildman–Crippen MR) is 138 cm³/mol. The zero-order valence-electron chi connectivity index (χ0n) is 20.8. The maximum Gasteiger partial charge on any atom is 0.320 e. The Morgan fingerprint density at radius 1 is 1.08 bits per heavy atom. The van der Waals surface area contributed by atoms with Crippen LogP contribution < -0.4 is 15.1 Å². The molecular weight excluding hydrogens is 456 g/mol. The molecule has 3 fully saturated rings. The third-order valence-electron chi connectivity index (χ3n) is 7.64. The summed E-state index contributed by atoms with van der Waals surface area (Å²) in [6.45, 7) is 5.23. The number of anilines is 4. The Hall–Kier alpha value is -3.58. The number of carbonyl (C=O) groups is 1. The van der Waals surface area contributed by atoms with E-state index in [2.05, 4.69) is 38.3 Å². The highest BCUT2D eigenvalue weighted by atomic mass is 16.3. The Kier molecular flexibility index (Phi) is 7.09. The molecule has 3 aliphatic rings. The smallest absolute Gasteiger partial charge is 0.320 e. The van der Waals surface area contributed by atoms with Gasteiger partial charge < -0.3 is 30.0 Å². The summed E-state index contributed by atoms with van der Waals surface area (Å²) in [6.07, 6.45) is 5.62. The van der Waals surface area contributed by atoms with Crippen molar-refractivity contribution < 1.29 is 9.90 Å². The van der Waals surface area contributed by atoms with E-state index >= 15 is 0 Å². The Labute approximate surface area is 212 Å². The molecule has 0 bridgehead atoms. The first-order valence-corrected chi connectivity index (χ1v) is 12.8. The molecule has 2 amide bonds. The van der Waals surface area contributed by atoms with Gasteiger partial charge in [-0.2, -0.15) is 5.26 Å².